The van der Waals surface area contributed by atoms with Crippen LogP contribution >= 0.6 is 11.3 Å². The summed E-state index contributed by atoms with van der Waals surface area (Å²) >= 11 is 1.45. The summed E-state index contributed by atoms with van der Waals surface area (Å²) in [6, 6.07) is 6.34. The van der Waals surface area contributed by atoms with Crippen molar-refractivity contribution in [3.8, 4) is 10.4 Å². The van der Waals surface area contributed by atoms with Crippen molar-refractivity contribution in [3.05, 3.63) is 52.9 Å². The van der Waals surface area contributed by atoms with E-state index in [1.807, 2.05) is 13.0 Å². The molecule has 158 valence electrons. The van der Waals surface area contributed by atoms with Crippen molar-refractivity contribution in [2.75, 3.05) is 12.4 Å². The number of aryl methyl sites for hydroxylation is 1. The summed E-state index contributed by atoms with van der Waals surface area (Å²) in [4.78, 5) is 24.2. The summed E-state index contributed by atoms with van der Waals surface area (Å²) in [7, 11) is 1.35. The van der Waals surface area contributed by atoms with Crippen LogP contribution in [0.4, 0.5) is 24.8 Å². The van der Waals surface area contributed by atoms with Crippen molar-refractivity contribution in [1.29, 1.82) is 0 Å². The van der Waals surface area contributed by atoms with E-state index in [0.29, 0.717) is 12.1 Å². The Kier molecular flexibility index (Phi) is 6.35. The van der Waals surface area contributed by atoms with Gasteiger partial charge in [-0.2, -0.15) is 13.2 Å². The maximum atomic E-state index is 12.9. The van der Waals surface area contributed by atoms with Crippen LogP contribution in [0.25, 0.3) is 10.4 Å². The van der Waals surface area contributed by atoms with Crippen molar-refractivity contribution in [1.82, 2.24) is 15.0 Å². The molecule has 0 radical (unpaired) electrons. The third-order valence-corrected chi connectivity index (χ3v) is 5.27. The Balaban J connectivity index is 1.82. The van der Waals surface area contributed by atoms with Crippen LogP contribution in [0.2, 0.25) is 0 Å². The molecule has 0 saturated heterocycles. The number of ether oxygens (including phenoxy) is 1. The second-order valence-electron chi connectivity index (χ2n) is 6.72. The predicted molar refractivity (Wildman–Crippen MR) is 107 cm³/mol. The zero-order valence-electron chi connectivity index (χ0n) is 16.4. The number of nitrogens with one attached hydrogen (secondary N) is 1. The van der Waals surface area contributed by atoms with E-state index in [1.54, 1.807) is 25.3 Å². The van der Waals surface area contributed by atoms with Gasteiger partial charge in [0.15, 0.2) is 0 Å². The van der Waals surface area contributed by atoms with Crippen molar-refractivity contribution in [2.24, 2.45) is 5.92 Å². The molecule has 0 saturated carbocycles. The second kappa shape index (κ2) is 8.78. The van der Waals surface area contributed by atoms with Crippen molar-refractivity contribution in [2.45, 2.75) is 26.4 Å². The summed E-state index contributed by atoms with van der Waals surface area (Å²) < 4.78 is 43.3. The Hall–Kier alpha value is -3.01. The summed E-state index contributed by atoms with van der Waals surface area (Å²) in [6.07, 6.45) is -1.31. The van der Waals surface area contributed by atoms with E-state index in [0.717, 1.165) is 33.3 Å². The van der Waals surface area contributed by atoms with Crippen LogP contribution in [0, 0.1) is 12.8 Å². The van der Waals surface area contributed by atoms with Crippen molar-refractivity contribution in [3.63, 3.8) is 0 Å². The van der Waals surface area contributed by atoms with E-state index < -0.39 is 11.9 Å². The van der Waals surface area contributed by atoms with Crippen LogP contribution in [0.5, 0.6) is 0 Å². The molecular weight excluding hydrogens is 417 g/mol. The molecule has 1 atom stereocenters. The quantitative estimate of drug-likeness (QED) is 0.547. The molecule has 0 aliphatic heterocycles. The first-order chi connectivity index (χ1) is 14.2. The zero-order valence-corrected chi connectivity index (χ0v) is 17.3. The molecule has 0 amide bonds. The summed E-state index contributed by atoms with van der Waals surface area (Å²) in [5.74, 6) is -0.741. The number of rotatable bonds is 6. The third kappa shape index (κ3) is 5.32. The number of carbonyl (C=O) groups excluding carboxylic acids is 1. The minimum atomic E-state index is -4.54. The molecular formula is C20H19F3N4O2S. The van der Waals surface area contributed by atoms with E-state index >= 15 is 0 Å². The first-order valence-electron chi connectivity index (χ1n) is 8.97. The van der Waals surface area contributed by atoms with Gasteiger partial charge in [0, 0.05) is 24.5 Å². The van der Waals surface area contributed by atoms with E-state index in [1.165, 1.54) is 18.4 Å². The molecule has 0 bridgehead atoms. The van der Waals surface area contributed by atoms with Crippen molar-refractivity contribution < 1.29 is 22.7 Å². The minimum Gasteiger partial charge on any atom is -0.469 e. The van der Waals surface area contributed by atoms with E-state index in [9.17, 15) is 18.0 Å². The molecule has 6 nitrogen and oxygen atoms in total. The van der Waals surface area contributed by atoms with Crippen LogP contribution in [-0.4, -0.2) is 28.0 Å². The Morgan fingerprint density at radius 1 is 1.27 bits per heavy atom. The number of carbonyl (C=O) groups is 1. The van der Waals surface area contributed by atoms with Crippen molar-refractivity contribution >= 4 is 28.9 Å². The second-order valence-corrected chi connectivity index (χ2v) is 7.84. The molecule has 3 rings (SSSR count). The monoisotopic (exact) mass is 436 g/mol. The highest BCUT2D eigenvalue weighted by molar-refractivity contribution is 7.15. The van der Waals surface area contributed by atoms with Gasteiger partial charge >= 0.3 is 12.1 Å². The van der Waals surface area contributed by atoms with E-state index in [2.05, 4.69) is 20.3 Å². The number of hydrogen-bond donors (Lipinski definition) is 1. The molecule has 0 aliphatic carbocycles. The molecule has 0 unspecified atom stereocenters. The van der Waals surface area contributed by atoms with Crippen LogP contribution in [0.3, 0.4) is 0 Å². The highest BCUT2D eigenvalue weighted by Gasteiger charge is 2.32. The van der Waals surface area contributed by atoms with Gasteiger partial charge in [-0.3, -0.25) is 4.79 Å². The number of nitrogens with zero attached hydrogens (tertiary/aromatic N) is 3. The number of halogens is 3. The smallest absolute Gasteiger partial charge is 0.433 e. The van der Waals surface area contributed by atoms with Gasteiger partial charge in [-0.05, 0) is 36.2 Å². The molecule has 0 fully saturated rings. The number of alkyl halides is 3. The van der Waals surface area contributed by atoms with Gasteiger partial charge < -0.3 is 10.1 Å². The molecule has 2 heterocycles. The van der Waals surface area contributed by atoms with Crippen LogP contribution in [0.1, 0.15) is 23.2 Å². The highest BCUT2D eigenvalue weighted by Crippen LogP contribution is 2.32. The van der Waals surface area contributed by atoms with Gasteiger partial charge in [0.1, 0.15) is 5.69 Å². The average molecular weight is 436 g/mol. The highest BCUT2D eigenvalue weighted by atomic mass is 32.1. The number of methoxy groups -OCH3 is 1. The number of hydrogen-bond acceptors (Lipinski definition) is 7. The molecule has 30 heavy (non-hydrogen) atoms. The summed E-state index contributed by atoms with van der Waals surface area (Å²) in [6.45, 7) is 3.65. The minimum absolute atomic E-state index is 0.140. The lowest BCUT2D eigenvalue weighted by atomic mass is 10.1. The van der Waals surface area contributed by atoms with Gasteiger partial charge in [-0.25, -0.2) is 15.0 Å². The fourth-order valence-corrected chi connectivity index (χ4v) is 3.82. The van der Waals surface area contributed by atoms with Crippen LogP contribution in [-0.2, 0) is 22.1 Å². The lowest BCUT2D eigenvalue weighted by Gasteiger charge is -2.10. The lowest BCUT2D eigenvalue weighted by Crippen LogP contribution is -2.14. The number of thiazole rings is 1. The molecule has 3 aromatic rings. The molecule has 1 N–H and O–H groups in total. The molecule has 1 aromatic carbocycles. The van der Waals surface area contributed by atoms with E-state index in [-0.39, 0.29) is 17.8 Å². The Morgan fingerprint density at radius 2 is 2.03 bits per heavy atom. The fraction of sp³-hybridized carbons (Fsp3) is 0.300. The Bertz CT molecular complexity index is 1050. The Labute approximate surface area is 175 Å². The molecule has 10 heteroatoms. The third-order valence-electron chi connectivity index (χ3n) is 4.20. The largest absolute Gasteiger partial charge is 0.469 e. The van der Waals surface area contributed by atoms with Gasteiger partial charge in [0.2, 0.25) is 5.95 Å². The van der Waals surface area contributed by atoms with Gasteiger partial charge in [-0.15, -0.1) is 11.3 Å². The number of esters is 1. The number of anilines is 2. The maximum Gasteiger partial charge on any atom is 0.433 e. The predicted octanol–water partition coefficient (Wildman–Crippen LogP) is 5.02. The molecule has 0 aliphatic rings. The normalized spacial score (nSPS) is 12.5. The first kappa shape index (κ1) is 21.7. The summed E-state index contributed by atoms with van der Waals surface area (Å²) in [5, 5.41) is 3.62. The number of aromatic nitrogens is 3. The lowest BCUT2D eigenvalue weighted by molar-refractivity contribution is -0.144. The van der Waals surface area contributed by atoms with Crippen LogP contribution < -0.4 is 5.32 Å². The Morgan fingerprint density at radius 3 is 2.73 bits per heavy atom. The van der Waals surface area contributed by atoms with Crippen LogP contribution in [0.15, 0.2) is 36.7 Å². The van der Waals surface area contributed by atoms with E-state index in [4.69, 9.17) is 4.74 Å². The summed E-state index contributed by atoms with van der Waals surface area (Å²) in [5.41, 5.74) is 1.29. The average Bonchev–Trinajstić information content (AvgIpc) is 3.15. The van der Waals surface area contributed by atoms with Gasteiger partial charge in [-0.1, -0.05) is 13.0 Å². The zero-order chi connectivity index (χ0) is 21.9. The standard InChI is InChI=1S/C20H19F3N4O2S/c1-11-6-13(15-10-25-17(30-15)8-12(2)18(28)29-3)9-14(7-11)26-19-24-5-4-16(27-19)20(21,22)23/h4-7,9-10,12H,8H2,1-3H3,(H,24,26,27)/t12-/m1/s1. The molecule has 2 aromatic heterocycles. The molecule has 0 spiro atoms. The topological polar surface area (TPSA) is 77.0 Å². The first-order valence-corrected chi connectivity index (χ1v) is 9.79. The fourth-order valence-electron chi connectivity index (χ4n) is 2.79. The van der Waals surface area contributed by atoms with Gasteiger partial charge in [0.05, 0.1) is 22.9 Å². The number of benzene rings is 1. The maximum absolute atomic E-state index is 12.9. The SMILES string of the molecule is COC(=O)[C@H](C)Cc1ncc(-c2cc(C)cc(Nc3nccc(C(F)(F)F)n3)c2)s1. The van der Waals surface area contributed by atoms with Gasteiger partial charge in [0.25, 0.3) is 0 Å².